The van der Waals surface area contributed by atoms with Crippen LogP contribution in [0.3, 0.4) is 0 Å². The Morgan fingerprint density at radius 3 is 2.68 bits per heavy atom. The number of likely N-dealkylation sites (N-methyl/N-ethyl adjacent to an activating group) is 1. The average Bonchev–Trinajstić information content (AvgIpc) is 3.32. The van der Waals surface area contributed by atoms with Crippen molar-refractivity contribution in [1.29, 1.82) is 0 Å². The van der Waals surface area contributed by atoms with E-state index in [1.165, 1.54) is 18.7 Å². The van der Waals surface area contributed by atoms with Gasteiger partial charge in [-0.15, -0.1) is 12.4 Å². The SMILES string of the molecule is CCN(CCc1ccc2c(c1)OCO2)CC[C@]1(OC(=O)COC)CCc2cc(F)ccc2[C@H]1C(C)C.Cl. The van der Waals surface area contributed by atoms with Crippen LogP contribution in [0.5, 0.6) is 11.5 Å². The van der Waals surface area contributed by atoms with E-state index in [4.69, 9.17) is 18.9 Å². The zero-order chi connectivity index (χ0) is 25.7. The quantitative estimate of drug-likeness (QED) is 0.352. The third kappa shape index (κ3) is 6.75. The van der Waals surface area contributed by atoms with Gasteiger partial charge < -0.3 is 23.8 Å². The lowest BCUT2D eigenvalue weighted by molar-refractivity contribution is -0.172. The molecule has 0 fully saturated rings. The van der Waals surface area contributed by atoms with Crippen molar-refractivity contribution in [2.45, 2.75) is 58.0 Å². The highest BCUT2D eigenvalue weighted by molar-refractivity contribution is 5.85. The standard InChI is InChI=1S/C29H38FNO5.ClH/c1-5-31(14-11-21-6-9-25-26(16-21)35-19-34-25)15-13-29(36-27(32)18-33-4)12-10-22-17-23(30)7-8-24(22)28(29)20(2)3;/h6-9,16-17,20,28H,5,10-15,18-19H2,1-4H3;1H/t28-,29-;/m1./s1. The average molecular weight is 536 g/mol. The molecule has 0 saturated heterocycles. The number of carbonyl (C=O) groups excluding carboxylic acids is 1. The maximum absolute atomic E-state index is 14.0. The fraction of sp³-hybridized carbons (Fsp3) is 0.552. The summed E-state index contributed by atoms with van der Waals surface area (Å²) >= 11 is 0. The van der Waals surface area contributed by atoms with Crippen LogP contribution < -0.4 is 9.47 Å². The van der Waals surface area contributed by atoms with Crippen LogP contribution in [0.4, 0.5) is 4.39 Å². The molecule has 0 N–H and O–H groups in total. The number of esters is 1. The molecule has 6 nitrogen and oxygen atoms in total. The van der Waals surface area contributed by atoms with E-state index in [0.29, 0.717) is 19.3 Å². The summed E-state index contributed by atoms with van der Waals surface area (Å²) in [5.41, 5.74) is 2.64. The fourth-order valence-corrected chi connectivity index (χ4v) is 5.83. The van der Waals surface area contributed by atoms with Crippen LogP contribution in [0.2, 0.25) is 0 Å². The smallest absolute Gasteiger partial charge is 0.332 e. The van der Waals surface area contributed by atoms with Crippen molar-refractivity contribution in [3.63, 3.8) is 0 Å². The lowest BCUT2D eigenvalue weighted by Gasteiger charge is -2.47. The van der Waals surface area contributed by atoms with E-state index >= 15 is 0 Å². The maximum Gasteiger partial charge on any atom is 0.332 e. The number of methoxy groups -OCH3 is 1. The zero-order valence-corrected chi connectivity index (χ0v) is 23.1. The molecule has 8 heteroatoms. The Hall–Kier alpha value is -2.35. The summed E-state index contributed by atoms with van der Waals surface area (Å²) in [6.45, 7) is 9.22. The van der Waals surface area contributed by atoms with Crippen LogP contribution in [-0.2, 0) is 27.1 Å². The Labute approximate surface area is 225 Å². The molecule has 0 bridgehead atoms. The minimum absolute atomic E-state index is 0. The number of hydrogen-bond acceptors (Lipinski definition) is 6. The first-order valence-electron chi connectivity index (χ1n) is 12.9. The highest BCUT2D eigenvalue weighted by atomic mass is 35.5. The first-order valence-corrected chi connectivity index (χ1v) is 12.9. The summed E-state index contributed by atoms with van der Waals surface area (Å²) < 4.78 is 36.3. The predicted molar refractivity (Wildman–Crippen MR) is 143 cm³/mol. The van der Waals surface area contributed by atoms with E-state index in [1.807, 2.05) is 12.1 Å². The number of benzene rings is 2. The van der Waals surface area contributed by atoms with Gasteiger partial charge in [0.25, 0.3) is 0 Å². The van der Waals surface area contributed by atoms with Gasteiger partial charge in [-0.05, 0) is 72.7 Å². The summed E-state index contributed by atoms with van der Waals surface area (Å²) in [5, 5.41) is 0. The number of rotatable bonds is 11. The minimum Gasteiger partial charge on any atom is -0.457 e. The van der Waals surface area contributed by atoms with Crippen LogP contribution in [0.25, 0.3) is 0 Å². The van der Waals surface area contributed by atoms with Gasteiger partial charge in [0, 0.05) is 32.5 Å². The maximum atomic E-state index is 14.0. The topological polar surface area (TPSA) is 57.2 Å². The van der Waals surface area contributed by atoms with E-state index in [9.17, 15) is 9.18 Å². The second-order valence-electron chi connectivity index (χ2n) is 10.2. The second-order valence-corrected chi connectivity index (χ2v) is 10.2. The molecule has 0 aromatic heterocycles. The molecule has 204 valence electrons. The van der Waals surface area contributed by atoms with Gasteiger partial charge in [0.2, 0.25) is 6.79 Å². The molecule has 4 rings (SSSR count). The summed E-state index contributed by atoms with van der Waals surface area (Å²) in [4.78, 5) is 15.1. The van der Waals surface area contributed by atoms with Crippen molar-refractivity contribution in [3.05, 3.63) is 58.9 Å². The van der Waals surface area contributed by atoms with Gasteiger partial charge >= 0.3 is 5.97 Å². The summed E-state index contributed by atoms with van der Waals surface area (Å²) in [7, 11) is 1.50. The van der Waals surface area contributed by atoms with E-state index in [0.717, 1.165) is 48.7 Å². The van der Waals surface area contributed by atoms with Crippen molar-refractivity contribution >= 4 is 18.4 Å². The van der Waals surface area contributed by atoms with E-state index in [1.54, 1.807) is 6.07 Å². The Bertz CT molecular complexity index is 1060. The van der Waals surface area contributed by atoms with Crippen LogP contribution >= 0.6 is 12.4 Å². The molecule has 1 aliphatic heterocycles. The summed E-state index contributed by atoms with van der Waals surface area (Å²) in [5.74, 6) is 1.22. The van der Waals surface area contributed by atoms with Gasteiger partial charge in [-0.25, -0.2) is 9.18 Å². The van der Waals surface area contributed by atoms with Crippen LogP contribution in [-0.4, -0.2) is 56.6 Å². The van der Waals surface area contributed by atoms with Crippen LogP contribution in [0, 0.1) is 11.7 Å². The molecule has 1 aliphatic carbocycles. The monoisotopic (exact) mass is 535 g/mol. The Kier molecular flexibility index (Phi) is 10.2. The van der Waals surface area contributed by atoms with E-state index in [-0.39, 0.29) is 49.4 Å². The number of nitrogens with zero attached hydrogens (tertiary/aromatic N) is 1. The molecule has 2 aromatic carbocycles. The lowest BCUT2D eigenvalue weighted by atomic mass is 9.65. The third-order valence-corrected chi connectivity index (χ3v) is 7.52. The highest BCUT2D eigenvalue weighted by Gasteiger charge is 2.47. The number of carbonyl (C=O) groups is 1. The van der Waals surface area contributed by atoms with Crippen molar-refractivity contribution in [2.75, 3.05) is 40.1 Å². The van der Waals surface area contributed by atoms with Crippen LogP contribution in [0.1, 0.15) is 56.2 Å². The molecule has 1 heterocycles. The largest absolute Gasteiger partial charge is 0.457 e. The zero-order valence-electron chi connectivity index (χ0n) is 22.3. The van der Waals surface area contributed by atoms with Gasteiger partial charge in [-0.3, -0.25) is 0 Å². The molecule has 0 radical (unpaired) electrons. The third-order valence-electron chi connectivity index (χ3n) is 7.52. The lowest BCUT2D eigenvalue weighted by Crippen LogP contribution is -2.49. The van der Waals surface area contributed by atoms with Crippen molar-refractivity contribution in [1.82, 2.24) is 4.90 Å². The van der Waals surface area contributed by atoms with Crippen molar-refractivity contribution in [2.24, 2.45) is 5.92 Å². The molecule has 2 aliphatic rings. The first kappa shape index (κ1) is 29.2. The Morgan fingerprint density at radius 1 is 1.16 bits per heavy atom. The molecular weight excluding hydrogens is 497 g/mol. The summed E-state index contributed by atoms with van der Waals surface area (Å²) in [6.07, 6.45) is 2.94. The molecule has 0 spiro atoms. The van der Waals surface area contributed by atoms with Gasteiger partial charge in [0.1, 0.15) is 18.0 Å². The van der Waals surface area contributed by atoms with E-state index < -0.39 is 5.60 Å². The molecule has 0 amide bonds. The van der Waals surface area contributed by atoms with E-state index in [2.05, 4.69) is 37.8 Å². The predicted octanol–water partition coefficient (Wildman–Crippen LogP) is 5.55. The molecule has 37 heavy (non-hydrogen) atoms. The molecule has 0 unspecified atom stereocenters. The van der Waals surface area contributed by atoms with Gasteiger partial charge in [0.05, 0.1) is 0 Å². The normalized spacial score (nSPS) is 20.0. The van der Waals surface area contributed by atoms with Gasteiger partial charge in [-0.1, -0.05) is 32.9 Å². The Morgan fingerprint density at radius 2 is 1.95 bits per heavy atom. The Balaban J connectivity index is 0.00000380. The molecule has 0 saturated carbocycles. The first-order chi connectivity index (χ1) is 17.3. The van der Waals surface area contributed by atoms with Crippen LogP contribution in [0.15, 0.2) is 36.4 Å². The minimum atomic E-state index is -0.666. The van der Waals surface area contributed by atoms with Gasteiger partial charge in [0.15, 0.2) is 11.5 Å². The number of ether oxygens (including phenoxy) is 4. The van der Waals surface area contributed by atoms with Crippen molar-refractivity contribution < 1.29 is 28.1 Å². The molecule has 2 aromatic rings. The van der Waals surface area contributed by atoms with Gasteiger partial charge in [-0.2, -0.15) is 0 Å². The fourth-order valence-electron chi connectivity index (χ4n) is 5.83. The molecular formula is C29H39ClFNO5. The second kappa shape index (κ2) is 12.9. The summed E-state index contributed by atoms with van der Waals surface area (Å²) in [6, 6.07) is 11.1. The number of fused-ring (bicyclic) bond motifs is 2. The number of aryl methyl sites for hydroxylation is 1. The number of hydrogen-bond donors (Lipinski definition) is 0. The highest BCUT2D eigenvalue weighted by Crippen LogP contribution is 2.48. The number of halogens is 2. The molecule has 2 atom stereocenters. The van der Waals surface area contributed by atoms with Crippen molar-refractivity contribution in [3.8, 4) is 11.5 Å².